The number of likely N-dealkylation sites (tertiary alicyclic amines) is 1. The number of aromatic amines is 1. The van der Waals surface area contributed by atoms with Crippen LogP contribution in [-0.4, -0.2) is 74.1 Å². The van der Waals surface area contributed by atoms with E-state index in [1.807, 2.05) is 12.4 Å². The van der Waals surface area contributed by atoms with Crippen LogP contribution in [-0.2, 0) is 4.74 Å². The molecule has 6 heterocycles. The Morgan fingerprint density at radius 1 is 1.08 bits per heavy atom. The summed E-state index contributed by atoms with van der Waals surface area (Å²) >= 11 is 0. The van der Waals surface area contributed by atoms with Gasteiger partial charge in [0.25, 0.3) is 0 Å². The number of hydrogen-bond acceptors (Lipinski definition) is 7. The zero-order chi connectivity index (χ0) is 25.2. The fourth-order valence-corrected chi connectivity index (χ4v) is 5.21. The number of pyridine rings is 1. The molecular weight excluding hydrogens is 473 g/mol. The molecule has 1 N–H and O–H groups in total. The summed E-state index contributed by atoms with van der Waals surface area (Å²) in [6, 6.07) is 1.82. The first kappa shape index (κ1) is 24.0. The fraction of sp³-hybridized carbons (Fsp3) is 0.481. The molecule has 194 valence electrons. The number of aromatic nitrogens is 6. The predicted molar refractivity (Wildman–Crippen MR) is 138 cm³/mol. The van der Waals surface area contributed by atoms with Gasteiger partial charge in [-0.05, 0) is 44.2 Å². The van der Waals surface area contributed by atoms with E-state index in [4.69, 9.17) is 14.5 Å². The first-order valence-electron chi connectivity index (χ1n) is 13.2. The monoisotopic (exact) mass is 505 g/mol. The lowest BCUT2D eigenvalue weighted by molar-refractivity contribution is 0.0483. The van der Waals surface area contributed by atoms with Crippen molar-refractivity contribution in [2.75, 3.05) is 39.5 Å². The Balaban J connectivity index is 1.20. The number of rotatable bonds is 7. The van der Waals surface area contributed by atoms with Crippen molar-refractivity contribution in [1.82, 2.24) is 34.6 Å². The number of fused-ring (bicyclic) bond motifs is 1. The quantitative estimate of drug-likeness (QED) is 0.396. The highest BCUT2D eigenvalue weighted by Crippen LogP contribution is 2.31. The van der Waals surface area contributed by atoms with E-state index in [-0.39, 0.29) is 5.88 Å². The van der Waals surface area contributed by atoms with Crippen LogP contribution in [0.4, 0.5) is 4.39 Å². The van der Waals surface area contributed by atoms with Crippen LogP contribution in [0, 0.1) is 11.7 Å². The lowest BCUT2D eigenvalue weighted by Crippen LogP contribution is -2.34. The summed E-state index contributed by atoms with van der Waals surface area (Å²) in [5.41, 5.74) is 4.40. The fourth-order valence-electron chi connectivity index (χ4n) is 5.21. The first-order valence-corrected chi connectivity index (χ1v) is 13.2. The second-order valence-electron chi connectivity index (χ2n) is 9.91. The average Bonchev–Trinajstić information content (AvgIpc) is 3.60. The lowest BCUT2D eigenvalue weighted by atomic mass is 10.0. The van der Waals surface area contributed by atoms with Gasteiger partial charge in [-0.3, -0.25) is 4.68 Å². The van der Waals surface area contributed by atoms with Crippen molar-refractivity contribution in [3.8, 4) is 28.3 Å². The van der Waals surface area contributed by atoms with E-state index in [2.05, 4.69) is 42.8 Å². The molecule has 2 aliphatic heterocycles. The Kier molecular flexibility index (Phi) is 6.84. The summed E-state index contributed by atoms with van der Waals surface area (Å²) in [7, 11) is 0. The third kappa shape index (κ3) is 5.08. The molecule has 2 aliphatic rings. The van der Waals surface area contributed by atoms with Crippen molar-refractivity contribution in [3.63, 3.8) is 0 Å². The van der Waals surface area contributed by atoms with Crippen LogP contribution in [0.2, 0.25) is 0 Å². The number of halogens is 1. The van der Waals surface area contributed by atoms with Gasteiger partial charge >= 0.3 is 0 Å². The van der Waals surface area contributed by atoms with E-state index in [1.54, 1.807) is 12.4 Å². The van der Waals surface area contributed by atoms with Crippen molar-refractivity contribution >= 4 is 11.2 Å². The van der Waals surface area contributed by atoms with Crippen molar-refractivity contribution in [3.05, 3.63) is 42.9 Å². The number of nitrogens with zero attached hydrogens (tertiary/aromatic N) is 6. The molecule has 37 heavy (non-hydrogen) atoms. The van der Waals surface area contributed by atoms with Crippen molar-refractivity contribution < 1.29 is 13.9 Å². The van der Waals surface area contributed by atoms with Crippen molar-refractivity contribution in [2.45, 2.75) is 38.6 Å². The molecule has 0 bridgehead atoms. The molecule has 2 saturated heterocycles. The molecule has 10 heteroatoms. The molecule has 0 atom stereocenters. The lowest BCUT2D eigenvalue weighted by Gasteiger charge is -2.31. The molecule has 0 radical (unpaired) electrons. The standard InChI is InChI=1S/C27H32FN7O2/c1-2-34-7-3-21(4-8-34)35-16-20(13-32-35)22-14-29-26-25(22)33-24(15-30-26)19-11-23(28)27(31-12-19)37-17-18-5-9-36-10-6-18/h11-16,18,21H,2-10,17H2,1H3,(H,29,30). The van der Waals surface area contributed by atoms with Crippen molar-refractivity contribution in [1.29, 1.82) is 0 Å². The van der Waals surface area contributed by atoms with Gasteiger partial charge in [0, 0.05) is 61.6 Å². The SMILES string of the molecule is CCN1CCC(n2cc(-c3c[nH]c4ncc(-c5cnc(OCC6CCOCC6)c(F)c5)nc34)cn2)CC1. The molecule has 0 amide bonds. The predicted octanol–water partition coefficient (Wildman–Crippen LogP) is 4.48. The second-order valence-corrected chi connectivity index (χ2v) is 9.91. The Labute approximate surface area is 215 Å². The van der Waals surface area contributed by atoms with Crippen molar-refractivity contribution in [2.24, 2.45) is 5.92 Å². The maximum atomic E-state index is 14.8. The van der Waals surface area contributed by atoms with E-state index >= 15 is 0 Å². The molecule has 9 nitrogen and oxygen atoms in total. The van der Waals surface area contributed by atoms with Gasteiger partial charge in [0.1, 0.15) is 5.52 Å². The highest BCUT2D eigenvalue weighted by atomic mass is 19.1. The minimum Gasteiger partial charge on any atom is -0.475 e. The average molecular weight is 506 g/mol. The van der Waals surface area contributed by atoms with Gasteiger partial charge in [-0.1, -0.05) is 6.92 Å². The number of ether oxygens (including phenoxy) is 2. The Hall–Kier alpha value is -3.37. The van der Waals surface area contributed by atoms with Crippen LogP contribution < -0.4 is 4.74 Å². The Morgan fingerprint density at radius 3 is 2.70 bits per heavy atom. The van der Waals surface area contributed by atoms with Gasteiger partial charge in [-0.25, -0.2) is 19.3 Å². The molecule has 0 saturated carbocycles. The number of hydrogen-bond donors (Lipinski definition) is 1. The second kappa shape index (κ2) is 10.5. The van der Waals surface area contributed by atoms with Gasteiger partial charge in [0.2, 0.25) is 5.88 Å². The van der Waals surface area contributed by atoms with Gasteiger partial charge in [0.15, 0.2) is 11.5 Å². The van der Waals surface area contributed by atoms with Crippen LogP contribution in [0.5, 0.6) is 5.88 Å². The Bertz CT molecular complexity index is 1360. The molecule has 4 aromatic rings. The molecular formula is C27H32FN7O2. The smallest absolute Gasteiger partial charge is 0.250 e. The summed E-state index contributed by atoms with van der Waals surface area (Å²) in [4.78, 5) is 19.2. The highest BCUT2D eigenvalue weighted by Gasteiger charge is 2.21. The molecule has 0 unspecified atom stereocenters. The Morgan fingerprint density at radius 2 is 1.92 bits per heavy atom. The zero-order valence-electron chi connectivity index (χ0n) is 21.1. The third-order valence-electron chi connectivity index (χ3n) is 7.57. The van der Waals surface area contributed by atoms with Crippen LogP contribution in [0.3, 0.4) is 0 Å². The van der Waals surface area contributed by atoms with Crippen LogP contribution in [0.15, 0.2) is 37.1 Å². The van der Waals surface area contributed by atoms with Gasteiger partial charge < -0.3 is 19.4 Å². The largest absolute Gasteiger partial charge is 0.475 e. The molecule has 0 spiro atoms. The minimum atomic E-state index is -0.504. The van der Waals surface area contributed by atoms with Crippen LogP contribution >= 0.6 is 0 Å². The topological polar surface area (TPSA) is 94.0 Å². The van der Waals surface area contributed by atoms with Gasteiger partial charge in [-0.2, -0.15) is 5.10 Å². The maximum absolute atomic E-state index is 14.8. The van der Waals surface area contributed by atoms with E-state index in [0.717, 1.165) is 75.2 Å². The minimum absolute atomic E-state index is 0.0174. The molecule has 6 rings (SSSR count). The van der Waals surface area contributed by atoms with Crippen LogP contribution in [0.25, 0.3) is 33.5 Å². The summed E-state index contributed by atoms with van der Waals surface area (Å²) in [5, 5.41) is 4.66. The molecule has 4 aromatic heterocycles. The number of nitrogens with one attached hydrogen (secondary N) is 1. The highest BCUT2D eigenvalue weighted by molar-refractivity contribution is 5.91. The normalized spacial score (nSPS) is 18.0. The summed E-state index contributed by atoms with van der Waals surface area (Å²) in [5.74, 6) is -0.122. The third-order valence-corrected chi connectivity index (χ3v) is 7.57. The van der Waals surface area contributed by atoms with E-state index in [9.17, 15) is 4.39 Å². The molecule has 0 aromatic carbocycles. The number of piperidine rings is 1. The molecule has 0 aliphatic carbocycles. The first-order chi connectivity index (χ1) is 18.2. The summed E-state index contributed by atoms with van der Waals surface area (Å²) in [6.45, 7) is 7.40. The van der Waals surface area contributed by atoms with E-state index < -0.39 is 5.82 Å². The maximum Gasteiger partial charge on any atom is 0.250 e. The summed E-state index contributed by atoms with van der Waals surface area (Å²) < 4.78 is 28.0. The van der Waals surface area contributed by atoms with Gasteiger partial charge in [0.05, 0.1) is 30.7 Å². The van der Waals surface area contributed by atoms with Crippen LogP contribution in [0.1, 0.15) is 38.6 Å². The van der Waals surface area contributed by atoms with Gasteiger partial charge in [-0.15, -0.1) is 0 Å². The molecule has 2 fully saturated rings. The van der Waals surface area contributed by atoms with E-state index in [0.29, 0.717) is 35.5 Å². The van der Waals surface area contributed by atoms with E-state index in [1.165, 1.54) is 6.07 Å². The zero-order valence-corrected chi connectivity index (χ0v) is 21.1. The number of H-pyrrole nitrogens is 1. The summed E-state index contributed by atoms with van der Waals surface area (Å²) in [6.07, 6.45) is 13.1.